The quantitative estimate of drug-likeness (QED) is 0.609. The van der Waals surface area contributed by atoms with Crippen LogP contribution in [0.15, 0.2) is 12.3 Å². The van der Waals surface area contributed by atoms with Crippen LogP contribution in [0.1, 0.15) is 28.5 Å². The summed E-state index contributed by atoms with van der Waals surface area (Å²) in [6.45, 7) is 3.57. The number of carbonyl (C=O) groups excluding carboxylic acids is 1. The first-order valence-corrected chi connectivity index (χ1v) is 4.93. The third-order valence-electron chi connectivity index (χ3n) is 1.87. The number of pyridine rings is 1. The monoisotopic (exact) mass is 233 g/mol. The molecule has 0 amide bonds. The maximum Gasteiger partial charge on any atom is 0.384 e. The van der Waals surface area contributed by atoms with E-state index in [1.807, 2.05) is 0 Å². The fraction of sp³-hybridized carbons (Fsp3) is 0.250. The maximum absolute atomic E-state index is 11.0. The summed E-state index contributed by atoms with van der Waals surface area (Å²) in [5, 5.41) is 8.77. The van der Waals surface area contributed by atoms with Crippen LogP contribution in [0.2, 0.25) is 0 Å². The van der Waals surface area contributed by atoms with E-state index in [1.54, 1.807) is 19.9 Å². The zero-order chi connectivity index (χ0) is 12.8. The molecule has 0 unspecified atom stereocenters. The van der Waals surface area contributed by atoms with Gasteiger partial charge >= 0.3 is 11.9 Å². The number of rotatable bonds is 2. The van der Waals surface area contributed by atoms with Crippen molar-refractivity contribution in [1.82, 2.24) is 4.98 Å². The van der Waals surface area contributed by atoms with Crippen LogP contribution in [0.3, 0.4) is 0 Å². The lowest BCUT2D eigenvalue weighted by atomic mass is 10.1. The van der Waals surface area contributed by atoms with Gasteiger partial charge in [-0.1, -0.05) is 5.92 Å². The van der Waals surface area contributed by atoms with E-state index < -0.39 is 11.9 Å². The summed E-state index contributed by atoms with van der Waals surface area (Å²) in [7, 11) is 0. The third kappa shape index (κ3) is 3.61. The zero-order valence-corrected chi connectivity index (χ0v) is 9.48. The van der Waals surface area contributed by atoms with Gasteiger partial charge in [-0.2, -0.15) is 0 Å². The Kier molecular flexibility index (Phi) is 4.23. The van der Waals surface area contributed by atoms with Gasteiger partial charge in [0.25, 0.3) is 0 Å². The summed E-state index contributed by atoms with van der Waals surface area (Å²) in [6, 6.07) is 1.56. The van der Waals surface area contributed by atoms with E-state index in [9.17, 15) is 9.59 Å². The van der Waals surface area contributed by atoms with E-state index in [0.717, 1.165) is 0 Å². The molecule has 0 spiro atoms. The highest BCUT2D eigenvalue weighted by molar-refractivity contribution is 5.89. The lowest BCUT2D eigenvalue weighted by molar-refractivity contribution is -0.136. The number of carboxylic acids is 1. The number of aryl methyl sites for hydroxylation is 1. The Morgan fingerprint density at radius 3 is 2.76 bits per heavy atom. The van der Waals surface area contributed by atoms with Gasteiger partial charge in [-0.05, 0) is 25.5 Å². The van der Waals surface area contributed by atoms with Crippen LogP contribution in [0.25, 0.3) is 0 Å². The number of carbonyl (C=O) groups is 2. The normalized spacial score (nSPS) is 9.06. The highest BCUT2D eigenvalue weighted by Gasteiger charge is 2.08. The number of carboxylic acid groups (broad SMARTS) is 1. The fourth-order valence-electron chi connectivity index (χ4n) is 1.16. The highest BCUT2D eigenvalue weighted by Crippen LogP contribution is 2.06. The second-order valence-corrected chi connectivity index (χ2v) is 3.17. The SMILES string of the molecule is CCOC(=O)C#Cc1cnc(C(=O)O)c(C)c1. The number of ether oxygens (including phenoxy) is 1. The van der Waals surface area contributed by atoms with Crippen LogP contribution in [-0.4, -0.2) is 28.6 Å². The van der Waals surface area contributed by atoms with Crippen LogP contribution in [0.5, 0.6) is 0 Å². The number of nitrogens with zero attached hydrogens (tertiary/aromatic N) is 1. The Morgan fingerprint density at radius 2 is 2.24 bits per heavy atom. The lowest BCUT2D eigenvalue weighted by Gasteiger charge is -1.99. The summed E-state index contributed by atoms with van der Waals surface area (Å²) in [4.78, 5) is 25.4. The predicted molar refractivity (Wildman–Crippen MR) is 59.4 cm³/mol. The summed E-state index contributed by atoms with van der Waals surface area (Å²) in [5.74, 6) is 3.12. The molecule has 17 heavy (non-hydrogen) atoms. The molecule has 1 heterocycles. The smallest absolute Gasteiger partial charge is 0.384 e. The number of esters is 1. The average molecular weight is 233 g/mol. The Hall–Kier alpha value is -2.35. The van der Waals surface area contributed by atoms with E-state index in [4.69, 9.17) is 5.11 Å². The minimum atomic E-state index is -1.09. The van der Waals surface area contributed by atoms with Crippen molar-refractivity contribution in [1.29, 1.82) is 0 Å². The molecule has 0 aromatic carbocycles. The molecule has 5 heteroatoms. The van der Waals surface area contributed by atoms with E-state index in [1.165, 1.54) is 6.20 Å². The third-order valence-corrected chi connectivity index (χ3v) is 1.87. The first kappa shape index (κ1) is 12.7. The van der Waals surface area contributed by atoms with Gasteiger partial charge in [-0.15, -0.1) is 0 Å². The van der Waals surface area contributed by atoms with Crippen LogP contribution < -0.4 is 0 Å². The number of aromatic carboxylic acids is 1. The summed E-state index contributed by atoms with van der Waals surface area (Å²) < 4.78 is 4.63. The van der Waals surface area contributed by atoms with Crippen molar-refractivity contribution in [3.05, 3.63) is 29.1 Å². The van der Waals surface area contributed by atoms with Crippen molar-refractivity contribution in [2.24, 2.45) is 0 Å². The molecule has 0 atom stereocenters. The topological polar surface area (TPSA) is 76.5 Å². The summed E-state index contributed by atoms with van der Waals surface area (Å²) in [6.07, 6.45) is 1.31. The van der Waals surface area contributed by atoms with Crippen molar-refractivity contribution in [3.63, 3.8) is 0 Å². The van der Waals surface area contributed by atoms with Crippen LogP contribution in [-0.2, 0) is 9.53 Å². The van der Waals surface area contributed by atoms with Crippen LogP contribution >= 0.6 is 0 Å². The fourth-order valence-corrected chi connectivity index (χ4v) is 1.16. The van der Waals surface area contributed by atoms with Gasteiger partial charge in [0.05, 0.1) is 6.61 Å². The molecule has 88 valence electrons. The molecule has 5 nitrogen and oxygen atoms in total. The van der Waals surface area contributed by atoms with E-state index in [-0.39, 0.29) is 12.3 Å². The second-order valence-electron chi connectivity index (χ2n) is 3.17. The maximum atomic E-state index is 11.0. The molecule has 0 saturated heterocycles. The van der Waals surface area contributed by atoms with Crippen molar-refractivity contribution in [2.75, 3.05) is 6.61 Å². The van der Waals surface area contributed by atoms with E-state index in [0.29, 0.717) is 11.1 Å². The molecule has 0 radical (unpaired) electrons. The van der Waals surface area contributed by atoms with Gasteiger partial charge in [-0.3, -0.25) is 0 Å². The zero-order valence-electron chi connectivity index (χ0n) is 9.48. The van der Waals surface area contributed by atoms with Crippen molar-refractivity contribution in [2.45, 2.75) is 13.8 Å². The van der Waals surface area contributed by atoms with Gasteiger partial charge in [0.1, 0.15) is 0 Å². The van der Waals surface area contributed by atoms with Gasteiger partial charge < -0.3 is 9.84 Å². The van der Waals surface area contributed by atoms with Gasteiger partial charge in [0.2, 0.25) is 0 Å². The van der Waals surface area contributed by atoms with Crippen molar-refractivity contribution in [3.8, 4) is 11.8 Å². The van der Waals surface area contributed by atoms with E-state index >= 15 is 0 Å². The molecule has 0 aliphatic carbocycles. The molecule has 1 rings (SSSR count). The van der Waals surface area contributed by atoms with Gasteiger partial charge in [-0.25, -0.2) is 14.6 Å². The Bertz CT molecular complexity index is 511. The highest BCUT2D eigenvalue weighted by atomic mass is 16.5. The van der Waals surface area contributed by atoms with Gasteiger partial charge in [0, 0.05) is 17.7 Å². The Morgan fingerprint density at radius 1 is 1.53 bits per heavy atom. The first-order chi connectivity index (χ1) is 8.04. The van der Waals surface area contributed by atoms with Gasteiger partial charge in [0.15, 0.2) is 5.69 Å². The molecule has 1 N–H and O–H groups in total. The lowest BCUT2D eigenvalue weighted by Crippen LogP contribution is -2.03. The molecule has 0 bridgehead atoms. The summed E-state index contributed by atoms with van der Waals surface area (Å²) >= 11 is 0. The van der Waals surface area contributed by atoms with Crippen LogP contribution in [0, 0.1) is 18.8 Å². The Labute approximate surface area is 98.4 Å². The average Bonchev–Trinajstić information content (AvgIpc) is 2.26. The molecule has 0 saturated carbocycles. The minimum absolute atomic E-state index is 0.0216. The molecular weight excluding hydrogens is 222 g/mol. The second kappa shape index (κ2) is 5.66. The number of hydrogen-bond donors (Lipinski definition) is 1. The van der Waals surface area contributed by atoms with Crippen molar-refractivity contribution < 1.29 is 19.4 Å². The Balaban J connectivity index is 2.91. The summed E-state index contributed by atoms with van der Waals surface area (Å²) in [5.41, 5.74) is 0.945. The van der Waals surface area contributed by atoms with Crippen LogP contribution in [0.4, 0.5) is 0 Å². The van der Waals surface area contributed by atoms with Crippen molar-refractivity contribution >= 4 is 11.9 Å². The molecule has 1 aromatic rings. The molecule has 0 aliphatic heterocycles. The molecule has 0 fully saturated rings. The first-order valence-electron chi connectivity index (χ1n) is 4.93. The molecule has 1 aromatic heterocycles. The number of hydrogen-bond acceptors (Lipinski definition) is 4. The largest absolute Gasteiger partial charge is 0.477 e. The number of aromatic nitrogens is 1. The van der Waals surface area contributed by atoms with E-state index in [2.05, 4.69) is 21.6 Å². The minimum Gasteiger partial charge on any atom is -0.477 e. The molecule has 0 aliphatic rings. The predicted octanol–water partition coefficient (Wildman–Crippen LogP) is 1.00. The molecular formula is C12H11NO4. The standard InChI is InChI=1S/C12H11NO4/c1-3-17-10(14)5-4-9-6-8(2)11(12(15)16)13-7-9/h6-7H,3H2,1-2H3,(H,15,16).